The molecule has 0 aliphatic carbocycles. The summed E-state index contributed by atoms with van der Waals surface area (Å²) >= 11 is 0. The zero-order valence-electron chi connectivity index (χ0n) is 12.5. The van der Waals surface area contributed by atoms with Crippen LogP contribution in [0.15, 0.2) is 24.3 Å². The van der Waals surface area contributed by atoms with E-state index in [0.29, 0.717) is 25.9 Å². The van der Waals surface area contributed by atoms with E-state index in [1.807, 2.05) is 0 Å². The first-order valence-electron chi connectivity index (χ1n) is 7.45. The molecule has 1 aliphatic rings. The van der Waals surface area contributed by atoms with Crippen molar-refractivity contribution in [2.45, 2.75) is 25.0 Å². The lowest BCUT2D eigenvalue weighted by Gasteiger charge is -2.33. The molecule has 1 aliphatic heterocycles. The number of ether oxygens (including phenoxy) is 2. The van der Waals surface area contributed by atoms with Gasteiger partial charge in [-0.2, -0.15) is 0 Å². The highest BCUT2D eigenvalue weighted by atomic mass is 19.1. The smallest absolute Gasteiger partial charge is 0.123 e. The molecule has 21 heavy (non-hydrogen) atoms. The molecular formula is C16H24FNO3. The van der Waals surface area contributed by atoms with E-state index < -0.39 is 6.10 Å². The van der Waals surface area contributed by atoms with Crippen LogP contribution in [0.1, 0.15) is 24.5 Å². The lowest BCUT2D eigenvalue weighted by molar-refractivity contribution is -0.0207. The molecule has 0 bridgehead atoms. The van der Waals surface area contributed by atoms with Gasteiger partial charge in [0.25, 0.3) is 0 Å². The van der Waals surface area contributed by atoms with Crippen molar-refractivity contribution in [1.29, 1.82) is 0 Å². The highest BCUT2D eigenvalue weighted by Crippen LogP contribution is 2.19. The van der Waals surface area contributed by atoms with Gasteiger partial charge in [-0.15, -0.1) is 0 Å². The van der Waals surface area contributed by atoms with Gasteiger partial charge in [-0.3, -0.25) is 0 Å². The summed E-state index contributed by atoms with van der Waals surface area (Å²) in [6.07, 6.45) is 1.66. The molecule has 0 spiro atoms. The molecule has 1 heterocycles. The maximum Gasteiger partial charge on any atom is 0.123 e. The highest BCUT2D eigenvalue weighted by molar-refractivity contribution is 5.18. The van der Waals surface area contributed by atoms with Crippen LogP contribution in [-0.2, 0) is 9.47 Å². The minimum Gasteiger partial charge on any atom is -0.387 e. The summed E-state index contributed by atoms with van der Waals surface area (Å²) in [6.45, 7) is 3.67. The molecule has 1 N–H and O–H groups in total. The predicted molar refractivity (Wildman–Crippen MR) is 78.6 cm³/mol. The summed E-state index contributed by atoms with van der Waals surface area (Å²) in [6, 6.07) is 6.05. The third kappa shape index (κ3) is 5.36. The number of hydrogen-bond donors (Lipinski definition) is 1. The van der Waals surface area contributed by atoms with Gasteiger partial charge in [0, 0.05) is 26.7 Å². The number of aliphatic hydroxyl groups is 1. The fourth-order valence-corrected chi connectivity index (χ4v) is 2.59. The van der Waals surface area contributed by atoms with E-state index in [1.165, 1.54) is 12.1 Å². The lowest BCUT2D eigenvalue weighted by atomic mass is 10.0. The molecule has 0 radical (unpaired) electrons. The van der Waals surface area contributed by atoms with Crippen molar-refractivity contribution in [3.63, 3.8) is 0 Å². The number of benzene rings is 1. The number of piperidine rings is 1. The Hall–Kier alpha value is -1.01. The molecular weight excluding hydrogens is 273 g/mol. The van der Waals surface area contributed by atoms with Crippen LogP contribution in [0.2, 0.25) is 0 Å². The topological polar surface area (TPSA) is 41.9 Å². The van der Waals surface area contributed by atoms with Crippen LogP contribution in [0.5, 0.6) is 0 Å². The number of β-amino-alcohol motifs (C(OH)–C–C–N with tert-alkyl or cyclic N) is 1. The van der Waals surface area contributed by atoms with Crippen molar-refractivity contribution < 1.29 is 19.0 Å². The van der Waals surface area contributed by atoms with Gasteiger partial charge in [-0.25, -0.2) is 4.39 Å². The molecule has 1 aromatic rings. The Balaban J connectivity index is 1.71. The van der Waals surface area contributed by atoms with E-state index in [4.69, 9.17) is 9.47 Å². The van der Waals surface area contributed by atoms with Crippen molar-refractivity contribution >= 4 is 0 Å². The van der Waals surface area contributed by atoms with Crippen molar-refractivity contribution in [2.24, 2.45) is 0 Å². The molecule has 0 saturated carbocycles. The molecule has 5 heteroatoms. The average molecular weight is 297 g/mol. The van der Waals surface area contributed by atoms with E-state index in [0.717, 1.165) is 31.5 Å². The Morgan fingerprint density at radius 2 is 1.90 bits per heavy atom. The van der Waals surface area contributed by atoms with Gasteiger partial charge in [0.1, 0.15) is 5.82 Å². The molecule has 2 rings (SSSR count). The lowest BCUT2D eigenvalue weighted by Crippen LogP contribution is -2.39. The molecule has 1 aromatic carbocycles. The SMILES string of the molecule is COCCOC1CCN(CC(O)c2ccc(F)cc2)CC1. The number of likely N-dealkylation sites (tertiary alicyclic amines) is 1. The zero-order chi connectivity index (χ0) is 15.1. The molecule has 0 aromatic heterocycles. The number of methoxy groups -OCH3 is 1. The van der Waals surface area contributed by atoms with Gasteiger partial charge < -0.3 is 19.5 Å². The van der Waals surface area contributed by atoms with Crippen LogP contribution in [0.3, 0.4) is 0 Å². The van der Waals surface area contributed by atoms with Crippen molar-refractivity contribution in [1.82, 2.24) is 4.90 Å². The molecule has 4 nitrogen and oxygen atoms in total. The van der Waals surface area contributed by atoms with E-state index in [9.17, 15) is 9.50 Å². The van der Waals surface area contributed by atoms with Gasteiger partial charge in [-0.1, -0.05) is 12.1 Å². The van der Waals surface area contributed by atoms with Crippen molar-refractivity contribution in [3.8, 4) is 0 Å². The quantitative estimate of drug-likeness (QED) is 0.782. The summed E-state index contributed by atoms with van der Waals surface area (Å²) in [4.78, 5) is 2.23. The van der Waals surface area contributed by atoms with Crippen LogP contribution >= 0.6 is 0 Å². The van der Waals surface area contributed by atoms with Crippen LogP contribution in [0, 0.1) is 5.82 Å². The number of rotatable bonds is 7. The van der Waals surface area contributed by atoms with Crippen LogP contribution in [0.4, 0.5) is 4.39 Å². The van der Waals surface area contributed by atoms with E-state index in [2.05, 4.69) is 4.90 Å². The monoisotopic (exact) mass is 297 g/mol. The number of halogens is 1. The Kier molecular flexibility index (Phi) is 6.57. The second-order valence-corrected chi connectivity index (χ2v) is 5.43. The van der Waals surface area contributed by atoms with Gasteiger partial charge in [-0.05, 0) is 30.5 Å². The molecule has 1 unspecified atom stereocenters. The number of nitrogens with zero attached hydrogens (tertiary/aromatic N) is 1. The minimum absolute atomic E-state index is 0.278. The Labute approximate surface area is 125 Å². The maximum absolute atomic E-state index is 12.9. The predicted octanol–water partition coefficient (Wildman–Crippen LogP) is 1.99. The fourth-order valence-electron chi connectivity index (χ4n) is 2.59. The third-order valence-electron chi connectivity index (χ3n) is 3.86. The molecule has 1 fully saturated rings. The number of aliphatic hydroxyl groups excluding tert-OH is 1. The van der Waals surface area contributed by atoms with Crippen molar-refractivity contribution in [3.05, 3.63) is 35.6 Å². The van der Waals surface area contributed by atoms with Crippen LogP contribution in [-0.4, -0.2) is 56.1 Å². The zero-order valence-corrected chi connectivity index (χ0v) is 12.5. The van der Waals surface area contributed by atoms with Gasteiger partial charge in [0.15, 0.2) is 0 Å². The second-order valence-electron chi connectivity index (χ2n) is 5.43. The first-order chi connectivity index (χ1) is 10.2. The first-order valence-corrected chi connectivity index (χ1v) is 7.45. The van der Waals surface area contributed by atoms with Gasteiger partial charge >= 0.3 is 0 Å². The summed E-state index contributed by atoms with van der Waals surface area (Å²) in [5.74, 6) is -0.278. The van der Waals surface area contributed by atoms with Crippen molar-refractivity contribution in [2.75, 3.05) is 40.0 Å². The molecule has 0 amide bonds. The maximum atomic E-state index is 12.9. The summed E-state index contributed by atoms with van der Waals surface area (Å²) in [7, 11) is 1.67. The first kappa shape index (κ1) is 16.4. The van der Waals surface area contributed by atoms with E-state index >= 15 is 0 Å². The Bertz CT molecular complexity index is 404. The summed E-state index contributed by atoms with van der Waals surface area (Å²) < 4.78 is 23.6. The summed E-state index contributed by atoms with van der Waals surface area (Å²) in [5.41, 5.74) is 0.759. The average Bonchev–Trinajstić information content (AvgIpc) is 2.50. The number of hydrogen-bond acceptors (Lipinski definition) is 4. The van der Waals surface area contributed by atoms with Gasteiger partial charge in [0.05, 0.1) is 25.4 Å². The highest BCUT2D eigenvalue weighted by Gasteiger charge is 2.21. The van der Waals surface area contributed by atoms with E-state index in [-0.39, 0.29) is 5.82 Å². The fraction of sp³-hybridized carbons (Fsp3) is 0.625. The van der Waals surface area contributed by atoms with Crippen LogP contribution in [0.25, 0.3) is 0 Å². The third-order valence-corrected chi connectivity index (χ3v) is 3.86. The van der Waals surface area contributed by atoms with E-state index in [1.54, 1.807) is 19.2 Å². The molecule has 1 saturated heterocycles. The second kappa shape index (κ2) is 8.44. The molecule has 1 atom stereocenters. The normalized spacial score (nSPS) is 18.8. The Morgan fingerprint density at radius 1 is 1.24 bits per heavy atom. The minimum atomic E-state index is -0.573. The molecule has 118 valence electrons. The Morgan fingerprint density at radius 3 is 2.52 bits per heavy atom. The standard InChI is InChI=1S/C16H24FNO3/c1-20-10-11-21-15-6-8-18(9-7-15)12-16(19)13-2-4-14(17)5-3-13/h2-5,15-16,19H,6-12H2,1H3. The largest absolute Gasteiger partial charge is 0.387 e. The van der Waals surface area contributed by atoms with Crippen LogP contribution < -0.4 is 0 Å². The van der Waals surface area contributed by atoms with Gasteiger partial charge in [0.2, 0.25) is 0 Å². The summed E-state index contributed by atoms with van der Waals surface area (Å²) in [5, 5.41) is 10.2.